The Hall–Kier alpha value is -1.97. The summed E-state index contributed by atoms with van der Waals surface area (Å²) in [6, 6.07) is -1.60. The van der Waals surface area contributed by atoms with Crippen molar-refractivity contribution in [2.24, 2.45) is 0 Å². The maximum atomic E-state index is 11.3. The lowest BCUT2D eigenvalue weighted by atomic mass is 10.6. The Morgan fingerprint density at radius 1 is 0.833 bits per heavy atom. The van der Waals surface area contributed by atoms with Crippen molar-refractivity contribution in [2.45, 2.75) is 12.5 Å². The molecule has 11 nitrogen and oxygen atoms in total. The first-order valence-corrected chi connectivity index (χ1v) is 5.78. The molecule has 0 aromatic rings. The van der Waals surface area contributed by atoms with Crippen LogP contribution < -0.4 is 21.3 Å². The van der Waals surface area contributed by atoms with Crippen LogP contribution in [0.4, 0.5) is 9.59 Å². The largest absolute Gasteiger partial charge is 0.323 e. The van der Waals surface area contributed by atoms with E-state index in [1.807, 2.05) is 21.3 Å². The second-order valence-electron chi connectivity index (χ2n) is 3.17. The maximum Gasteiger partial charge on any atom is 0.323 e. The van der Waals surface area contributed by atoms with Gasteiger partial charge in [0, 0.05) is 0 Å². The summed E-state index contributed by atoms with van der Waals surface area (Å²) < 4.78 is 20.5. The summed E-state index contributed by atoms with van der Waals surface area (Å²) >= 11 is 0. The number of imide groups is 2. The van der Waals surface area contributed by atoms with E-state index in [-0.39, 0.29) is 0 Å². The van der Waals surface area contributed by atoms with Gasteiger partial charge in [-0.05, 0) is 0 Å². The highest BCUT2D eigenvalue weighted by atomic mass is 31.1. The van der Waals surface area contributed by atoms with Gasteiger partial charge >= 0.3 is 20.3 Å². The minimum Gasteiger partial charge on any atom is -0.304 e. The first-order chi connectivity index (χ1) is 8.45. The number of carbonyl (C=O) groups is 4. The number of amides is 6. The van der Waals surface area contributed by atoms with E-state index in [1.54, 1.807) is 0 Å². The summed E-state index contributed by atoms with van der Waals surface area (Å²) in [6.07, 6.45) is -2.91. The molecule has 2 fully saturated rings. The van der Waals surface area contributed by atoms with Crippen LogP contribution in [-0.4, -0.2) is 36.3 Å². The average Bonchev–Trinajstić information content (AvgIpc) is 2.71. The fraction of sp³-hybridized carbons (Fsp3) is 0.333. The Labute approximate surface area is 99.5 Å². The summed E-state index contributed by atoms with van der Waals surface area (Å²) in [7, 11) is -3.27. The Morgan fingerprint density at radius 2 is 1.22 bits per heavy atom. The Bertz CT molecular complexity index is 425. The van der Waals surface area contributed by atoms with E-state index in [0.717, 1.165) is 0 Å². The van der Waals surface area contributed by atoms with Gasteiger partial charge < -0.3 is 10.6 Å². The molecule has 12 heteroatoms. The zero-order valence-electron chi connectivity index (χ0n) is 8.51. The maximum absolute atomic E-state index is 11.3. The third kappa shape index (κ3) is 2.64. The first kappa shape index (κ1) is 12.5. The van der Waals surface area contributed by atoms with E-state index in [2.05, 4.69) is 9.05 Å². The molecule has 6 amide bonds. The van der Waals surface area contributed by atoms with E-state index in [1.165, 1.54) is 0 Å². The van der Waals surface area contributed by atoms with Crippen LogP contribution >= 0.6 is 8.25 Å². The van der Waals surface area contributed by atoms with E-state index in [0.29, 0.717) is 0 Å². The number of carbonyl (C=O) groups excluding carboxylic acids is 4. The fourth-order valence-electron chi connectivity index (χ4n) is 1.18. The van der Waals surface area contributed by atoms with E-state index in [9.17, 15) is 23.7 Å². The zero-order valence-corrected chi connectivity index (χ0v) is 9.51. The highest BCUT2D eigenvalue weighted by molar-refractivity contribution is 7.33. The molecule has 2 aliphatic heterocycles. The van der Waals surface area contributed by atoms with Crippen molar-refractivity contribution in [3.05, 3.63) is 0 Å². The summed E-state index contributed by atoms with van der Waals surface area (Å²) in [5.74, 6) is -1.66. The summed E-state index contributed by atoms with van der Waals surface area (Å²) in [6.45, 7) is 0. The Kier molecular flexibility index (Phi) is 3.28. The van der Waals surface area contributed by atoms with Crippen LogP contribution in [0.15, 0.2) is 0 Å². The van der Waals surface area contributed by atoms with Crippen LogP contribution in [-0.2, 0) is 23.2 Å². The first-order valence-electron chi connectivity index (χ1n) is 4.55. The molecule has 0 aromatic carbocycles. The van der Waals surface area contributed by atoms with Gasteiger partial charge in [0.15, 0.2) is 0 Å². The van der Waals surface area contributed by atoms with Crippen LogP contribution in [0.25, 0.3) is 0 Å². The van der Waals surface area contributed by atoms with E-state index < -0.39 is 44.6 Å². The molecule has 0 saturated carbocycles. The van der Waals surface area contributed by atoms with Gasteiger partial charge in [0.25, 0.3) is 11.8 Å². The van der Waals surface area contributed by atoms with Crippen molar-refractivity contribution >= 4 is 32.1 Å². The normalized spacial score (nSPS) is 28.4. The molecule has 2 aliphatic rings. The summed E-state index contributed by atoms with van der Waals surface area (Å²) in [5, 5.41) is 7.71. The predicted octanol–water partition coefficient (Wildman–Crippen LogP) is -2.26. The van der Waals surface area contributed by atoms with Crippen LogP contribution in [0.3, 0.4) is 0 Å². The van der Waals surface area contributed by atoms with Gasteiger partial charge in [-0.3, -0.25) is 33.8 Å². The van der Waals surface area contributed by atoms with Crippen molar-refractivity contribution in [2.75, 3.05) is 0 Å². The van der Waals surface area contributed by atoms with Crippen molar-refractivity contribution in [1.82, 2.24) is 21.3 Å². The molecule has 2 rings (SSSR count). The molecular weight excluding hydrogens is 271 g/mol. The number of hydrogen-bond acceptors (Lipinski definition) is 7. The molecule has 18 heavy (non-hydrogen) atoms. The van der Waals surface area contributed by atoms with E-state index >= 15 is 0 Å². The van der Waals surface area contributed by atoms with Gasteiger partial charge in [0.2, 0.25) is 12.5 Å². The SMILES string of the molecule is O=C1NC(=O)C(O[PH](=O)OC2NC(=O)NC2=O)N1. The molecule has 2 unspecified atom stereocenters. The summed E-state index contributed by atoms with van der Waals surface area (Å²) in [4.78, 5) is 43.5. The van der Waals surface area contributed by atoms with Crippen LogP contribution in [0.2, 0.25) is 0 Å². The van der Waals surface area contributed by atoms with Gasteiger partial charge in [-0.1, -0.05) is 0 Å². The molecule has 0 aliphatic carbocycles. The highest BCUT2D eigenvalue weighted by Crippen LogP contribution is 2.28. The standard InChI is InChI=1S/C6H7N4O7P/c11-1-3(9-5(13)7-1)16-18(15)17-4-2(12)8-6(14)10-4/h3-4,18H,(H2,7,9,11,13)(H2,8,10,12,14). The van der Waals surface area contributed by atoms with Crippen molar-refractivity contribution < 1.29 is 32.8 Å². The fourth-order valence-corrected chi connectivity index (χ4v) is 1.95. The minimum atomic E-state index is -3.27. The summed E-state index contributed by atoms with van der Waals surface area (Å²) in [5.41, 5.74) is 0. The lowest BCUT2D eigenvalue weighted by molar-refractivity contribution is -0.126. The third-order valence-corrected chi connectivity index (χ3v) is 2.76. The van der Waals surface area contributed by atoms with Crippen molar-refractivity contribution in [1.29, 1.82) is 0 Å². The van der Waals surface area contributed by atoms with Crippen LogP contribution in [0, 0.1) is 0 Å². The number of nitrogens with one attached hydrogen (secondary N) is 4. The molecular formula is C6H7N4O7P. The Balaban J connectivity index is 1.86. The van der Waals surface area contributed by atoms with Gasteiger partial charge in [-0.25, -0.2) is 9.59 Å². The van der Waals surface area contributed by atoms with Crippen molar-refractivity contribution in [3.8, 4) is 0 Å². The van der Waals surface area contributed by atoms with Crippen LogP contribution in [0.5, 0.6) is 0 Å². The molecule has 98 valence electrons. The molecule has 0 spiro atoms. The van der Waals surface area contributed by atoms with Crippen LogP contribution in [0.1, 0.15) is 0 Å². The minimum absolute atomic E-state index is 0.799. The van der Waals surface area contributed by atoms with Gasteiger partial charge in [0.05, 0.1) is 0 Å². The molecule has 0 aromatic heterocycles. The molecule has 2 saturated heterocycles. The monoisotopic (exact) mass is 278 g/mol. The Morgan fingerprint density at radius 3 is 1.50 bits per heavy atom. The molecule has 0 radical (unpaired) electrons. The van der Waals surface area contributed by atoms with Gasteiger partial charge in [-0.15, -0.1) is 0 Å². The number of hydrogen-bond donors (Lipinski definition) is 4. The van der Waals surface area contributed by atoms with E-state index in [4.69, 9.17) is 0 Å². The molecule has 0 bridgehead atoms. The molecule has 2 atom stereocenters. The van der Waals surface area contributed by atoms with Gasteiger partial charge in [-0.2, -0.15) is 0 Å². The average molecular weight is 278 g/mol. The number of rotatable bonds is 4. The third-order valence-electron chi connectivity index (χ3n) is 1.90. The second-order valence-corrected chi connectivity index (χ2v) is 4.14. The molecule has 2 heterocycles. The zero-order chi connectivity index (χ0) is 13.3. The highest BCUT2D eigenvalue weighted by Gasteiger charge is 2.35. The molecule has 4 N–H and O–H groups in total. The second kappa shape index (κ2) is 4.72. The quantitative estimate of drug-likeness (QED) is 0.334. The lowest BCUT2D eigenvalue weighted by Gasteiger charge is -2.11. The smallest absolute Gasteiger partial charge is 0.304 e. The number of urea groups is 2. The van der Waals surface area contributed by atoms with Gasteiger partial charge in [0.1, 0.15) is 0 Å². The van der Waals surface area contributed by atoms with Crippen molar-refractivity contribution in [3.63, 3.8) is 0 Å². The lowest BCUT2D eigenvalue weighted by Crippen LogP contribution is -2.32. The predicted molar refractivity (Wildman–Crippen MR) is 52.1 cm³/mol. The topological polar surface area (TPSA) is 152 Å².